The van der Waals surface area contributed by atoms with Gasteiger partial charge in [-0.1, -0.05) is 44.2 Å². The van der Waals surface area contributed by atoms with Crippen LogP contribution in [0.2, 0.25) is 0 Å². The highest BCUT2D eigenvalue weighted by Gasteiger charge is 2.15. The van der Waals surface area contributed by atoms with Gasteiger partial charge < -0.3 is 4.74 Å². The molecule has 0 amide bonds. The van der Waals surface area contributed by atoms with Crippen LogP contribution < -0.4 is 0 Å². The number of carbonyl (C=O) groups excluding carboxylic acids is 1. The van der Waals surface area contributed by atoms with Crippen LogP contribution in [0.4, 0.5) is 4.79 Å². The largest absolute Gasteiger partial charge is 0.458 e. The van der Waals surface area contributed by atoms with Crippen molar-refractivity contribution in [3.05, 3.63) is 35.9 Å². The van der Waals surface area contributed by atoms with Gasteiger partial charge in [0.1, 0.15) is 0 Å². The van der Waals surface area contributed by atoms with Gasteiger partial charge in [0, 0.05) is 5.25 Å². The Morgan fingerprint density at radius 2 is 1.94 bits per heavy atom. The van der Waals surface area contributed by atoms with E-state index in [0.29, 0.717) is 12.5 Å². The fourth-order valence-electron chi connectivity index (χ4n) is 1.78. The third-order valence-electron chi connectivity index (χ3n) is 2.61. The molecule has 0 heterocycles. The molecule has 17 heavy (non-hydrogen) atoms. The summed E-state index contributed by atoms with van der Waals surface area (Å²) in [5.41, 5.74) is 1.32. The maximum absolute atomic E-state index is 11.3. The van der Waals surface area contributed by atoms with E-state index in [1.165, 1.54) is 17.3 Å². The number of ether oxygens (including phenoxy) is 1. The van der Waals surface area contributed by atoms with E-state index in [1.54, 1.807) is 0 Å². The highest BCUT2D eigenvalue weighted by Crippen LogP contribution is 2.26. The van der Waals surface area contributed by atoms with Crippen molar-refractivity contribution in [2.45, 2.75) is 38.4 Å². The lowest BCUT2D eigenvalue weighted by molar-refractivity contribution is 0.181. The first-order valence-electron chi connectivity index (χ1n) is 6.01. The molecule has 2 unspecified atom stereocenters. The molecule has 0 aliphatic rings. The minimum Gasteiger partial charge on any atom is -0.458 e. The van der Waals surface area contributed by atoms with Crippen molar-refractivity contribution in [1.82, 2.24) is 0 Å². The Bertz CT molecular complexity index is 337. The molecule has 0 N–H and O–H groups in total. The van der Waals surface area contributed by atoms with Gasteiger partial charge in [0.15, 0.2) is 0 Å². The summed E-state index contributed by atoms with van der Waals surface area (Å²) in [7, 11) is 0. The molecule has 2 atom stereocenters. The van der Waals surface area contributed by atoms with E-state index in [2.05, 4.69) is 38.1 Å². The average molecular weight is 252 g/mol. The molecule has 2 nitrogen and oxygen atoms in total. The number of thioether (sulfide) groups is 1. The second kappa shape index (κ2) is 7.38. The number of hydrogen-bond acceptors (Lipinski definition) is 3. The SMILES string of the molecule is CCOC(=O)SC(C)CC(C)c1ccccc1. The lowest BCUT2D eigenvalue weighted by Crippen LogP contribution is -2.08. The molecule has 94 valence electrons. The molecule has 0 fully saturated rings. The van der Waals surface area contributed by atoms with E-state index in [4.69, 9.17) is 4.74 Å². The fraction of sp³-hybridized carbons (Fsp3) is 0.500. The van der Waals surface area contributed by atoms with Crippen molar-refractivity contribution in [2.75, 3.05) is 6.61 Å². The zero-order valence-electron chi connectivity index (χ0n) is 10.7. The van der Waals surface area contributed by atoms with Crippen molar-refractivity contribution in [3.63, 3.8) is 0 Å². The Kier molecular flexibility index (Phi) is 6.12. The molecule has 0 bridgehead atoms. The lowest BCUT2D eigenvalue weighted by atomic mass is 9.97. The van der Waals surface area contributed by atoms with Gasteiger partial charge in [-0.2, -0.15) is 0 Å². The standard InChI is InChI=1S/C14H20O2S/c1-4-16-14(15)17-12(3)10-11(2)13-8-6-5-7-9-13/h5-9,11-12H,4,10H2,1-3H3. The summed E-state index contributed by atoms with van der Waals surface area (Å²) in [5, 5.41) is 0.115. The smallest absolute Gasteiger partial charge is 0.367 e. The van der Waals surface area contributed by atoms with Crippen LogP contribution in [-0.2, 0) is 4.74 Å². The average Bonchev–Trinajstić information content (AvgIpc) is 2.30. The number of carbonyl (C=O) groups is 1. The molecule has 1 aromatic rings. The maximum Gasteiger partial charge on any atom is 0.367 e. The number of hydrogen-bond donors (Lipinski definition) is 0. The maximum atomic E-state index is 11.3. The molecular weight excluding hydrogens is 232 g/mol. The summed E-state index contributed by atoms with van der Waals surface area (Å²) in [4.78, 5) is 11.3. The van der Waals surface area contributed by atoms with Crippen LogP contribution in [0.15, 0.2) is 30.3 Å². The predicted molar refractivity (Wildman–Crippen MR) is 73.5 cm³/mol. The Balaban J connectivity index is 2.41. The summed E-state index contributed by atoms with van der Waals surface area (Å²) < 4.78 is 4.92. The zero-order valence-corrected chi connectivity index (χ0v) is 11.5. The highest BCUT2D eigenvalue weighted by molar-refractivity contribution is 8.13. The monoisotopic (exact) mass is 252 g/mol. The summed E-state index contributed by atoms with van der Waals surface area (Å²) >= 11 is 1.29. The zero-order chi connectivity index (χ0) is 12.7. The number of benzene rings is 1. The molecule has 0 aliphatic carbocycles. The Hall–Kier alpha value is -0.960. The third-order valence-corrected chi connectivity index (χ3v) is 3.52. The van der Waals surface area contributed by atoms with Crippen molar-refractivity contribution in [3.8, 4) is 0 Å². The molecule has 3 heteroatoms. The van der Waals surface area contributed by atoms with Gasteiger partial charge in [-0.25, -0.2) is 4.79 Å². The minimum atomic E-state index is -0.166. The van der Waals surface area contributed by atoms with Crippen molar-refractivity contribution in [1.29, 1.82) is 0 Å². The van der Waals surface area contributed by atoms with Gasteiger partial charge in [0.2, 0.25) is 0 Å². The molecular formula is C14H20O2S. The van der Waals surface area contributed by atoms with Gasteiger partial charge in [0.05, 0.1) is 6.61 Å². The second-order valence-electron chi connectivity index (χ2n) is 4.16. The quantitative estimate of drug-likeness (QED) is 0.724. The molecule has 0 spiro atoms. The lowest BCUT2D eigenvalue weighted by Gasteiger charge is -2.16. The highest BCUT2D eigenvalue weighted by atomic mass is 32.2. The normalized spacial score (nSPS) is 14.1. The first kappa shape index (κ1) is 14.1. The third kappa shape index (κ3) is 5.26. The molecule has 0 aliphatic heterocycles. The van der Waals surface area contributed by atoms with Crippen LogP contribution >= 0.6 is 11.8 Å². The van der Waals surface area contributed by atoms with Crippen molar-refractivity contribution >= 4 is 17.1 Å². The van der Waals surface area contributed by atoms with Crippen LogP contribution in [-0.4, -0.2) is 17.2 Å². The predicted octanol–water partition coefficient (Wildman–Crippen LogP) is 4.46. The Morgan fingerprint density at radius 1 is 1.29 bits per heavy atom. The molecule has 1 aromatic carbocycles. The van der Waals surface area contributed by atoms with Gasteiger partial charge in [-0.05, 0) is 36.6 Å². The van der Waals surface area contributed by atoms with Crippen LogP contribution in [0.5, 0.6) is 0 Å². The minimum absolute atomic E-state index is 0.166. The first-order valence-corrected chi connectivity index (χ1v) is 6.89. The second-order valence-corrected chi connectivity index (χ2v) is 5.53. The van der Waals surface area contributed by atoms with Crippen molar-refractivity contribution in [2.24, 2.45) is 0 Å². The van der Waals surface area contributed by atoms with Crippen LogP contribution in [0.25, 0.3) is 0 Å². The van der Waals surface area contributed by atoms with E-state index < -0.39 is 0 Å². The van der Waals surface area contributed by atoms with Crippen molar-refractivity contribution < 1.29 is 9.53 Å². The van der Waals surface area contributed by atoms with Gasteiger partial charge in [-0.3, -0.25) is 0 Å². The van der Waals surface area contributed by atoms with E-state index in [-0.39, 0.29) is 10.6 Å². The molecule has 0 radical (unpaired) electrons. The molecule has 0 aromatic heterocycles. The van der Waals surface area contributed by atoms with Crippen LogP contribution in [0.3, 0.4) is 0 Å². The van der Waals surface area contributed by atoms with E-state index in [1.807, 2.05) is 13.0 Å². The molecule has 1 rings (SSSR count). The summed E-state index contributed by atoms with van der Waals surface area (Å²) in [6, 6.07) is 10.4. The van der Waals surface area contributed by atoms with E-state index in [0.717, 1.165) is 6.42 Å². The number of rotatable bonds is 5. The van der Waals surface area contributed by atoms with Gasteiger partial charge in [-0.15, -0.1) is 0 Å². The fourth-order valence-corrected chi connectivity index (χ4v) is 2.68. The first-order chi connectivity index (χ1) is 8.13. The van der Waals surface area contributed by atoms with Gasteiger partial charge in [0.25, 0.3) is 0 Å². The molecule has 0 saturated carbocycles. The molecule has 0 saturated heterocycles. The van der Waals surface area contributed by atoms with Gasteiger partial charge >= 0.3 is 5.30 Å². The summed E-state index contributed by atoms with van der Waals surface area (Å²) in [6.45, 7) is 6.54. The van der Waals surface area contributed by atoms with E-state index >= 15 is 0 Å². The van der Waals surface area contributed by atoms with Crippen LogP contribution in [0, 0.1) is 0 Å². The topological polar surface area (TPSA) is 26.3 Å². The Labute approximate surface area is 108 Å². The summed E-state index contributed by atoms with van der Waals surface area (Å²) in [6.07, 6.45) is 0.980. The summed E-state index contributed by atoms with van der Waals surface area (Å²) in [5.74, 6) is 0.466. The Morgan fingerprint density at radius 3 is 2.53 bits per heavy atom. The van der Waals surface area contributed by atoms with E-state index in [9.17, 15) is 4.79 Å². The van der Waals surface area contributed by atoms with Crippen LogP contribution in [0.1, 0.15) is 38.7 Å².